The van der Waals surface area contributed by atoms with E-state index in [1.165, 1.54) is 5.56 Å². The van der Waals surface area contributed by atoms with Gasteiger partial charge in [-0.1, -0.05) is 18.6 Å². The van der Waals surface area contributed by atoms with Crippen LogP contribution in [0.5, 0.6) is 5.75 Å². The van der Waals surface area contributed by atoms with E-state index in [9.17, 15) is 9.59 Å². The highest BCUT2D eigenvalue weighted by atomic mass is 16.6. The number of benzene rings is 1. The Bertz CT molecular complexity index is 726. The maximum atomic E-state index is 13.4. The van der Waals surface area contributed by atoms with E-state index in [1.54, 1.807) is 12.0 Å². The van der Waals surface area contributed by atoms with Crippen LogP contribution in [0.4, 0.5) is 4.79 Å². The van der Waals surface area contributed by atoms with Crippen molar-refractivity contribution in [3.05, 3.63) is 29.8 Å². The highest BCUT2D eigenvalue weighted by Crippen LogP contribution is 2.30. The second-order valence-corrected chi connectivity index (χ2v) is 9.52. The van der Waals surface area contributed by atoms with E-state index in [0.29, 0.717) is 19.0 Å². The Morgan fingerprint density at radius 1 is 0.933 bits per heavy atom. The van der Waals surface area contributed by atoms with Gasteiger partial charge in [-0.2, -0.15) is 0 Å². The molecule has 2 aliphatic rings. The molecule has 0 aromatic heterocycles. The third kappa shape index (κ3) is 5.89. The Hall–Kier alpha value is -2.24. The maximum absolute atomic E-state index is 13.4. The average Bonchev–Trinajstić information content (AvgIpc) is 2.98. The lowest BCUT2D eigenvalue weighted by Gasteiger charge is -2.36. The Kier molecular flexibility index (Phi) is 7.27. The van der Waals surface area contributed by atoms with Crippen molar-refractivity contribution in [1.82, 2.24) is 9.80 Å². The van der Waals surface area contributed by atoms with Gasteiger partial charge in [0.15, 0.2) is 0 Å². The minimum Gasteiger partial charge on any atom is -0.497 e. The second-order valence-electron chi connectivity index (χ2n) is 9.52. The minimum absolute atomic E-state index is 0.138. The molecule has 0 spiro atoms. The molecule has 6 nitrogen and oxygen atoms in total. The van der Waals surface area contributed by atoms with Crippen LogP contribution in [0.15, 0.2) is 24.3 Å². The van der Waals surface area contributed by atoms with Gasteiger partial charge >= 0.3 is 6.09 Å². The minimum atomic E-state index is -0.523. The first kappa shape index (κ1) is 22.4. The molecule has 2 fully saturated rings. The smallest absolute Gasteiger partial charge is 0.410 e. The van der Waals surface area contributed by atoms with Crippen molar-refractivity contribution in [2.45, 2.75) is 64.4 Å². The molecule has 1 aromatic carbocycles. The number of likely N-dealkylation sites (tertiary alicyclic amines) is 2. The van der Waals surface area contributed by atoms with Crippen LogP contribution in [0.1, 0.15) is 64.4 Å². The zero-order chi connectivity index (χ0) is 21.7. The predicted molar refractivity (Wildman–Crippen MR) is 117 cm³/mol. The van der Waals surface area contributed by atoms with Gasteiger partial charge in [-0.15, -0.1) is 0 Å². The van der Waals surface area contributed by atoms with Crippen molar-refractivity contribution in [2.75, 3.05) is 33.3 Å². The van der Waals surface area contributed by atoms with Gasteiger partial charge in [0.1, 0.15) is 11.4 Å². The van der Waals surface area contributed by atoms with E-state index in [1.807, 2.05) is 37.8 Å². The number of rotatable bonds is 3. The van der Waals surface area contributed by atoms with Crippen LogP contribution in [0.3, 0.4) is 0 Å². The molecule has 0 unspecified atom stereocenters. The summed E-state index contributed by atoms with van der Waals surface area (Å²) in [6.07, 6.45) is 4.60. The quantitative estimate of drug-likeness (QED) is 0.731. The third-order valence-corrected chi connectivity index (χ3v) is 5.99. The lowest BCUT2D eigenvalue weighted by molar-refractivity contribution is -0.137. The van der Waals surface area contributed by atoms with Gasteiger partial charge in [-0.05, 0) is 64.2 Å². The van der Waals surface area contributed by atoms with Crippen molar-refractivity contribution < 1.29 is 19.1 Å². The number of piperidine rings is 1. The van der Waals surface area contributed by atoms with E-state index in [4.69, 9.17) is 9.47 Å². The molecule has 166 valence electrons. The number of carbonyl (C=O) groups is 2. The number of amides is 2. The summed E-state index contributed by atoms with van der Waals surface area (Å²) in [7, 11) is 1.67. The molecule has 2 saturated heterocycles. The predicted octanol–water partition coefficient (Wildman–Crippen LogP) is 4.44. The van der Waals surface area contributed by atoms with Crippen LogP contribution in [0, 0.1) is 5.92 Å². The monoisotopic (exact) mass is 416 g/mol. The molecule has 0 saturated carbocycles. The van der Waals surface area contributed by atoms with Gasteiger partial charge in [0.2, 0.25) is 5.91 Å². The molecule has 0 bridgehead atoms. The molecule has 2 aliphatic heterocycles. The van der Waals surface area contributed by atoms with Gasteiger partial charge in [0, 0.05) is 32.1 Å². The molecule has 2 heterocycles. The number of hydrogen-bond donors (Lipinski definition) is 0. The molecule has 1 aromatic rings. The first-order valence-corrected chi connectivity index (χ1v) is 11.2. The summed E-state index contributed by atoms with van der Waals surface area (Å²) in [6, 6.07) is 8.21. The van der Waals surface area contributed by atoms with E-state index in [-0.39, 0.29) is 17.9 Å². The van der Waals surface area contributed by atoms with Crippen LogP contribution in [0.2, 0.25) is 0 Å². The van der Waals surface area contributed by atoms with Crippen LogP contribution in [0.25, 0.3) is 0 Å². The Morgan fingerprint density at radius 2 is 1.63 bits per heavy atom. The van der Waals surface area contributed by atoms with Gasteiger partial charge in [-0.3, -0.25) is 4.79 Å². The first-order valence-electron chi connectivity index (χ1n) is 11.2. The SMILES string of the molecule is COc1ccc([C@@H]2CCCCN(C(=O)[C@H]3CCCN(C(=O)OC(C)(C)C)C3)C2)cc1. The van der Waals surface area contributed by atoms with Crippen molar-refractivity contribution >= 4 is 12.0 Å². The summed E-state index contributed by atoms with van der Waals surface area (Å²) in [5, 5.41) is 0. The van der Waals surface area contributed by atoms with Crippen molar-refractivity contribution in [3.63, 3.8) is 0 Å². The molecule has 0 radical (unpaired) electrons. The van der Waals surface area contributed by atoms with Crippen LogP contribution in [-0.2, 0) is 9.53 Å². The van der Waals surface area contributed by atoms with Crippen LogP contribution < -0.4 is 4.74 Å². The highest BCUT2D eigenvalue weighted by molar-refractivity contribution is 5.80. The Balaban J connectivity index is 1.64. The summed E-state index contributed by atoms with van der Waals surface area (Å²) >= 11 is 0. The molecule has 30 heavy (non-hydrogen) atoms. The summed E-state index contributed by atoms with van der Waals surface area (Å²) in [5.41, 5.74) is 0.735. The van der Waals surface area contributed by atoms with Gasteiger partial charge < -0.3 is 19.3 Å². The molecule has 6 heteroatoms. The van der Waals surface area contributed by atoms with E-state index < -0.39 is 5.60 Å². The largest absolute Gasteiger partial charge is 0.497 e. The average molecular weight is 417 g/mol. The number of hydrogen-bond acceptors (Lipinski definition) is 4. The first-order chi connectivity index (χ1) is 14.3. The Morgan fingerprint density at radius 3 is 2.30 bits per heavy atom. The molecular weight excluding hydrogens is 380 g/mol. The van der Waals surface area contributed by atoms with Gasteiger partial charge in [0.05, 0.1) is 13.0 Å². The summed E-state index contributed by atoms with van der Waals surface area (Å²) in [4.78, 5) is 29.6. The molecule has 2 atom stereocenters. The lowest BCUT2D eigenvalue weighted by Crippen LogP contribution is -2.48. The van der Waals surface area contributed by atoms with Gasteiger partial charge in [-0.25, -0.2) is 4.79 Å². The normalized spacial score (nSPS) is 22.9. The zero-order valence-corrected chi connectivity index (χ0v) is 18.9. The summed E-state index contributed by atoms with van der Waals surface area (Å²) in [6.45, 7) is 8.27. The van der Waals surface area contributed by atoms with Crippen molar-refractivity contribution in [1.29, 1.82) is 0 Å². The maximum Gasteiger partial charge on any atom is 0.410 e. The molecule has 2 amide bonds. The van der Waals surface area contributed by atoms with E-state index >= 15 is 0 Å². The summed E-state index contributed by atoms with van der Waals surface area (Å²) < 4.78 is 10.8. The topological polar surface area (TPSA) is 59.1 Å². The number of methoxy groups -OCH3 is 1. The molecular formula is C24H36N2O4. The second kappa shape index (κ2) is 9.71. The zero-order valence-electron chi connectivity index (χ0n) is 18.9. The summed E-state index contributed by atoms with van der Waals surface area (Å²) in [5.74, 6) is 1.24. The van der Waals surface area contributed by atoms with E-state index in [0.717, 1.165) is 50.9 Å². The standard InChI is InChI=1S/C24H36N2O4/c1-24(2,3)30-23(28)26-15-7-9-20(17-26)22(27)25-14-6-5-8-19(16-25)18-10-12-21(29-4)13-11-18/h10-13,19-20H,5-9,14-17H2,1-4H3/t19-,20+/m1/s1. The molecule has 0 aliphatic carbocycles. The highest BCUT2D eigenvalue weighted by Gasteiger charge is 2.34. The fraction of sp³-hybridized carbons (Fsp3) is 0.667. The van der Waals surface area contributed by atoms with E-state index in [2.05, 4.69) is 12.1 Å². The number of nitrogens with zero attached hydrogens (tertiary/aromatic N) is 2. The van der Waals surface area contributed by atoms with Crippen molar-refractivity contribution in [2.24, 2.45) is 5.92 Å². The molecule has 3 rings (SSSR count). The third-order valence-electron chi connectivity index (χ3n) is 5.99. The van der Waals surface area contributed by atoms with Crippen LogP contribution in [-0.4, -0.2) is 60.7 Å². The molecule has 0 N–H and O–H groups in total. The fourth-order valence-corrected chi connectivity index (χ4v) is 4.42. The van der Waals surface area contributed by atoms with Gasteiger partial charge in [0.25, 0.3) is 0 Å². The fourth-order valence-electron chi connectivity index (χ4n) is 4.42. The Labute approximate surface area is 180 Å². The number of carbonyl (C=O) groups excluding carboxylic acids is 2. The van der Waals surface area contributed by atoms with Crippen LogP contribution >= 0.6 is 0 Å². The number of ether oxygens (including phenoxy) is 2. The lowest BCUT2D eigenvalue weighted by atomic mass is 9.93. The van der Waals surface area contributed by atoms with Crippen molar-refractivity contribution in [3.8, 4) is 5.75 Å².